The molecule has 1 atom stereocenters. The van der Waals surface area contributed by atoms with Gasteiger partial charge in [0.2, 0.25) is 20.0 Å². The Hall–Kier alpha value is -1.36. The summed E-state index contributed by atoms with van der Waals surface area (Å²) >= 11 is 0. The Balaban J connectivity index is 2.08. The van der Waals surface area contributed by atoms with Gasteiger partial charge >= 0.3 is 0 Å². The van der Waals surface area contributed by atoms with Crippen molar-refractivity contribution < 1.29 is 25.6 Å². The first-order valence-corrected chi connectivity index (χ1v) is 9.71. The molecule has 1 aliphatic heterocycles. The van der Waals surface area contributed by atoms with Crippen molar-refractivity contribution in [2.75, 3.05) is 19.6 Å². The SMILES string of the molecule is C=CS(=O)(=O)NC[C@H]1CCN(S(=O)(=O)c2ccc(F)c(F)c2)C1. The number of rotatable bonds is 6. The van der Waals surface area contributed by atoms with Crippen LogP contribution in [0.1, 0.15) is 6.42 Å². The van der Waals surface area contributed by atoms with E-state index in [9.17, 15) is 25.6 Å². The summed E-state index contributed by atoms with van der Waals surface area (Å²) in [7, 11) is -7.51. The highest BCUT2D eigenvalue weighted by Gasteiger charge is 2.33. The third-order valence-electron chi connectivity index (χ3n) is 3.57. The molecule has 0 saturated carbocycles. The molecule has 0 unspecified atom stereocenters. The smallest absolute Gasteiger partial charge is 0.211 e. The van der Waals surface area contributed by atoms with Crippen molar-refractivity contribution in [2.24, 2.45) is 5.92 Å². The lowest BCUT2D eigenvalue weighted by molar-refractivity contribution is 0.453. The molecule has 1 aliphatic rings. The Morgan fingerprint density at radius 1 is 1.26 bits per heavy atom. The second-order valence-corrected chi connectivity index (χ2v) is 8.80. The largest absolute Gasteiger partial charge is 0.243 e. The molecule has 0 spiro atoms. The van der Waals surface area contributed by atoms with Crippen molar-refractivity contribution in [3.8, 4) is 0 Å². The van der Waals surface area contributed by atoms with Crippen LogP contribution in [0.2, 0.25) is 0 Å². The van der Waals surface area contributed by atoms with Gasteiger partial charge in [0.25, 0.3) is 0 Å². The number of nitrogens with one attached hydrogen (secondary N) is 1. The molecule has 1 aromatic rings. The lowest BCUT2D eigenvalue weighted by atomic mass is 10.1. The Morgan fingerprint density at radius 2 is 1.96 bits per heavy atom. The van der Waals surface area contributed by atoms with E-state index < -0.39 is 31.7 Å². The maximum Gasteiger partial charge on any atom is 0.243 e. The average Bonchev–Trinajstić information content (AvgIpc) is 2.98. The highest BCUT2D eigenvalue weighted by atomic mass is 32.2. The van der Waals surface area contributed by atoms with Crippen LogP contribution in [0.5, 0.6) is 0 Å². The Bertz CT molecular complexity index is 809. The van der Waals surface area contributed by atoms with Crippen molar-refractivity contribution in [3.05, 3.63) is 41.8 Å². The molecule has 1 aromatic carbocycles. The predicted molar refractivity (Wildman–Crippen MR) is 80.3 cm³/mol. The minimum atomic E-state index is -3.94. The standard InChI is InChI=1S/C13H16F2N2O4S2/c1-2-22(18,19)16-8-10-5-6-17(9-10)23(20,21)11-3-4-12(14)13(15)7-11/h2-4,7,10,16H,1,5-6,8-9H2/t10-/m1/s1. The molecule has 6 nitrogen and oxygen atoms in total. The summed E-state index contributed by atoms with van der Waals surface area (Å²) in [6.45, 7) is 3.53. The number of hydrogen-bond donors (Lipinski definition) is 1. The van der Waals surface area contributed by atoms with Crippen LogP contribution in [0.15, 0.2) is 35.1 Å². The predicted octanol–water partition coefficient (Wildman–Crippen LogP) is 1.04. The van der Waals surface area contributed by atoms with Gasteiger partial charge in [0.1, 0.15) is 0 Å². The van der Waals surface area contributed by atoms with Crippen LogP contribution in [-0.4, -0.2) is 40.8 Å². The normalized spacial score (nSPS) is 19.8. The molecule has 1 heterocycles. The summed E-state index contributed by atoms with van der Waals surface area (Å²) in [5.74, 6) is -2.56. The molecular weight excluding hydrogens is 350 g/mol. The van der Waals surface area contributed by atoms with E-state index in [1.807, 2.05) is 0 Å². The quantitative estimate of drug-likeness (QED) is 0.815. The second kappa shape index (κ2) is 6.63. The van der Waals surface area contributed by atoms with E-state index in [0.717, 1.165) is 21.8 Å². The third-order valence-corrected chi connectivity index (χ3v) is 6.44. The lowest BCUT2D eigenvalue weighted by Gasteiger charge is -2.17. The van der Waals surface area contributed by atoms with Crippen molar-refractivity contribution in [1.82, 2.24) is 9.03 Å². The van der Waals surface area contributed by atoms with E-state index in [0.29, 0.717) is 12.5 Å². The van der Waals surface area contributed by atoms with E-state index in [1.165, 1.54) is 0 Å². The molecule has 10 heteroatoms. The van der Waals surface area contributed by atoms with Gasteiger partial charge in [-0.1, -0.05) is 6.58 Å². The van der Waals surface area contributed by atoms with Crippen molar-refractivity contribution in [2.45, 2.75) is 11.3 Å². The molecule has 128 valence electrons. The zero-order valence-corrected chi connectivity index (χ0v) is 13.7. The van der Waals surface area contributed by atoms with Crippen LogP contribution < -0.4 is 4.72 Å². The van der Waals surface area contributed by atoms with Crippen LogP contribution in [0, 0.1) is 17.6 Å². The highest BCUT2D eigenvalue weighted by molar-refractivity contribution is 7.92. The summed E-state index contributed by atoms with van der Waals surface area (Å²) < 4.78 is 76.9. The number of sulfonamides is 2. The Kier molecular flexibility index (Phi) is 5.19. The molecule has 1 fully saturated rings. The van der Waals surface area contributed by atoms with Gasteiger partial charge in [-0.3, -0.25) is 0 Å². The van der Waals surface area contributed by atoms with Gasteiger partial charge in [-0.25, -0.2) is 30.3 Å². The summed E-state index contributed by atoms with van der Waals surface area (Å²) in [5.41, 5.74) is 0. The first-order valence-electron chi connectivity index (χ1n) is 6.73. The monoisotopic (exact) mass is 366 g/mol. The molecule has 0 bridgehead atoms. The van der Waals surface area contributed by atoms with Crippen LogP contribution in [0.3, 0.4) is 0 Å². The Labute approximate surface area is 133 Å². The molecule has 0 amide bonds. The van der Waals surface area contributed by atoms with Crippen LogP contribution >= 0.6 is 0 Å². The molecule has 0 radical (unpaired) electrons. The van der Waals surface area contributed by atoms with E-state index in [2.05, 4.69) is 11.3 Å². The second-order valence-electron chi connectivity index (χ2n) is 5.15. The fourth-order valence-electron chi connectivity index (χ4n) is 2.26. The number of hydrogen-bond acceptors (Lipinski definition) is 4. The van der Waals surface area contributed by atoms with Gasteiger partial charge in [0.15, 0.2) is 11.6 Å². The third kappa shape index (κ3) is 4.14. The fourth-order valence-corrected chi connectivity index (χ4v) is 4.39. The van der Waals surface area contributed by atoms with Gasteiger partial charge in [-0.2, -0.15) is 4.31 Å². The Morgan fingerprint density at radius 3 is 2.57 bits per heavy atom. The lowest BCUT2D eigenvalue weighted by Crippen LogP contribution is -2.32. The summed E-state index contributed by atoms with van der Waals surface area (Å²) in [6, 6.07) is 2.40. The van der Waals surface area contributed by atoms with Crippen molar-refractivity contribution in [1.29, 1.82) is 0 Å². The van der Waals surface area contributed by atoms with E-state index in [1.54, 1.807) is 0 Å². The van der Waals surface area contributed by atoms with Crippen molar-refractivity contribution >= 4 is 20.0 Å². The van der Waals surface area contributed by atoms with Crippen molar-refractivity contribution in [3.63, 3.8) is 0 Å². The molecule has 0 aliphatic carbocycles. The molecule has 23 heavy (non-hydrogen) atoms. The molecular formula is C13H16F2N2O4S2. The topological polar surface area (TPSA) is 83.6 Å². The van der Waals surface area contributed by atoms with Crippen LogP contribution in [0.4, 0.5) is 8.78 Å². The molecule has 2 rings (SSSR count). The van der Waals surface area contributed by atoms with E-state index in [4.69, 9.17) is 0 Å². The summed E-state index contributed by atoms with van der Waals surface area (Å²) in [6.07, 6.45) is 0.461. The highest BCUT2D eigenvalue weighted by Crippen LogP contribution is 2.25. The van der Waals surface area contributed by atoms with Gasteiger partial charge < -0.3 is 0 Å². The zero-order chi connectivity index (χ0) is 17.3. The first-order chi connectivity index (χ1) is 10.7. The number of benzene rings is 1. The van der Waals surface area contributed by atoms with Gasteiger partial charge in [-0.15, -0.1) is 0 Å². The average molecular weight is 366 g/mol. The summed E-state index contributed by atoms with van der Waals surface area (Å²) in [5, 5.41) is 0.776. The molecule has 0 aromatic heterocycles. The maximum atomic E-state index is 13.2. The zero-order valence-electron chi connectivity index (χ0n) is 12.1. The molecule has 1 N–H and O–H groups in total. The van der Waals surface area contributed by atoms with E-state index >= 15 is 0 Å². The van der Waals surface area contributed by atoms with Gasteiger partial charge in [-0.05, 0) is 30.5 Å². The van der Waals surface area contributed by atoms with Gasteiger partial charge in [0, 0.05) is 25.0 Å². The van der Waals surface area contributed by atoms with E-state index in [-0.39, 0.29) is 30.4 Å². The summed E-state index contributed by atoms with van der Waals surface area (Å²) in [4.78, 5) is -0.330. The van der Waals surface area contributed by atoms with Crippen LogP contribution in [-0.2, 0) is 20.0 Å². The maximum absolute atomic E-state index is 13.2. The number of nitrogens with zero attached hydrogens (tertiary/aromatic N) is 1. The van der Waals surface area contributed by atoms with Gasteiger partial charge in [0.05, 0.1) is 4.90 Å². The minimum Gasteiger partial charge on any atom is -0.211 e. The first kappa shape index (κ1) is 18.0. The minimum absolute atomic E-state index is 0.0815. The fraction of sp³-hybridized carbons (Fsp3) is 0.385. The number of halogens is 2. The van der Waals surface area contributed by atoms with Crippen LogP contribution in [0.25, 0.3) is 0 Å². The molecule has 1 saturated heterocycles.